The Labute approximate surface area is 123 Å². The summed E-state index contributed by atoms with van der Waals surface area (Å²) in [6.07, 6.45) is 7.50. The average Bonchev–Trinajstić information content (AvgIpc) is 2.77. The Bertz CT molecular complexity index is 294. The molecule has 0 aromatic heterocycles. The van der Waals surface area contributed by atoms with Gasteiger partial charge in [0.05, 0.1) is 0 Å². The van der Waals surface area contributed by atoms with E-state index in [-0.39, 0.29) is 11.9 Å². The van der Waals surface area contributed by atoms with Crippen LogP contribution in [0.4, 0.5) is 0 Å². The molecule has 0 aliphatic heterocycles. The first kappa shape index (κ1) is 17.4. The maximum Gasteiger partial charge on any atom is 0.238 e. The fourth-order valence-corrected chi connectivity index (χ4v) is 3.35. The summed E-state index contributed by atoms with van der Waals surface area (Å²) < 4.78 is 5.70. The third kappa shape index (κ3) is 4.74. The van der Waals surface area contributed by atoms with Crippen LogP contribution in [0.1, 0.15) is 65.7 Å². The first-order chi connectivity index (χ1) is 9.53. The van der Waals surface area contributed by atoms with Crippen LogP contribution in [0.5, 0.6) is 0 Å². The third-order valence-electron chi connectivity index (χ3n) is 4.31. The Morgan fingerprint density at radius 2 is 2.15 bits per heavy atom. The van der Waals surface area contributed by atoms with Crippen LogP contribution >= 0.6 is 0 Å². The molecule has 1 aliphatic rings. The van der Waals surface area contributed by atoms with Crippen LogP contribution in [0, 0.1) is 5.92 Å². The zero-order chi connectivity index (χ0) is 15.0. The topological polar surface area (TPSA) is 64.3 Å². The molecule has 2 unspecified atom stereocenters. The van der Waals surface area contributed by atoms with Crippen LogP contribution in [0.2, 0.25) is 0 Å². The van der Waals surface area contributed by atoms with E-state index in [2.05, 4.69) is 26.1 Å². The van der Waals surface area contributed by atoms with Crippen molar-refractivity contribution in [2.45, 2.75) is 77.3 Å². The molecule has 0 aromatic carbocycles. The summed E-state index contributed by atoms with van der Waals surface area (Å²) in [5.74, 6) is 0.119. The number of unbranched alkanes of at least 4 members (excludes halogenated alkanes) is 2. The van der Waals surface area contributed by atoms with Gasteiger partial charge in [-0.15, -0.1) is 0 Å². The van der Waals surface area contributed by atoms with Gasteiger partial charge in [0.25, 0.3) is 0 Å². The molecule has 3 N–H and O–H groups in total. The predicted molar refractivity (Wildman–Crippen MR) is 82.5 cm³/mol. The number of carbonyl (C=O) groups excluding carboxylic acids is 1. The summed E-state index contributed by atoms with van der Waals surface area (Å²) in [5.41, 5.74) is 5.19. The van der Waals surface area contributed by atoms with E-state index in [4.69, 9.17) is 10.5 Å². The van der Waals surface area contributed by atoms with Crippen molar-refractivity contribution in [1.29, 1.82) is 0 Å². The third-order valence-corrected chi connectivity index (χ3v) is 4.31. The molecule has 1 rings (SSSR count). The van der Waals surface area contributed by atoms with Gasteiger partial charge >= 0.3 is 0 Å². The van der Waals surface area contributed by atoms with Gasteiger partial charge in [-0.05, 0) is 45.4 Å². The number of nitrogens with one attached hydrogen (secondary N) is 1. The molecule has 4 heteroatoms. The van der Waals surface area contributed by atoms with Gasteiger partial charge in [0, 0.05) is 19.3 Å². The SMILES string of the molecule is CCCCCOCCC1CCCC1(NC(C)C)C(N)=O. The molecule has 0 radical (unpaired) electrons. The molecule has 0 bridgehead atoms. The van der Waals surface area contributed by atoms with E-state index in [1.54, 1.807) is 0 Å². The van der Waals surface area contributed by atoms with E-state index < -0.39 is 5.54 Å². The molecule has 0 spiro atoms. The molecular formula is C16H32N2O2. The highest BCUT2D eigenvalue weighted by molar-refractivity contribution is 5.85. The smallest absolute Gasteiger partial charge is 0.238 e. The summed E-state index contributed by atoms with van der Waals surface area (Å²) in [7, 11) is 0. The van der Waals surface area contributed by atoms with Gasteiger partial charge in [-0.3, -0.25) is 4.79 Å². The number of rotatable bonds is 10. The highest BCUT2D eigenvalue weighted by Crippen LogP contribution is 2.38. The summed E-state index contributed by atoms with van der Waals surface area (Å²) >= 11 is 0. The summed E-state index contributed by atoms with van der Waals surface area (Å²) in [6.45, 7) is 7.91. The lowest BCUT2D eigenvalue weighted by molar-refractivity contribution is -0.126. The molecule has 1 saturated carbocycles. The Morgan fingerprint density at radius 1 is 1.40 bits per heavy atom. The van der Waals surface area contributed by atoms with E-state index in [0.29, 0.717) is 5.92 Å². The molecule has 4 nitrogen and oxygen atoms in total. The Kier molecular flexibility index (Phi) is 7.52. The fourth-order valence-electron chi connectivity index (χ4n) is 3.35. The van der Waals surface area contributed by atoms with Crippen molar-refractivity contribution in [1.82, 2.24) is 5.32 Å². The highest BCUT2D eigenvalue weighted by Gasteiger charge is 2.47. The number of ether oxygens (including phenoxy) is 1. The quantitative estimate of drug-likeness (QED) is 0.606. The second kappa shape index (κ2) is 8.63. The summed E-state index contributed by atoms with van der Waals surface area (Å²) in [6, 6.07) is 0.272. The molecule has 0 saturated heterocycles. The first-order valence-corrected chi connectivity index (χ1v) is 8.18. The van der Waals surface area contributed by atoms with Crippen molar-refractivity contribution >= 4 is 5.91 Å². The molecular weight excluding hydrogens is 252 g/mol. The van der Waals surface area contributed by atoms with Crippen LogP contribution in [-0.4, -0.2) is 30.7 Å². The van der Waals surface area contributed by atoms with Gasteiger partial charge in [0.15, 0.2) is 0 Å². The van der Waals surface area contributed by atoms with Gasteiger partial charge < -0.3 is 15.8 Å². The standard InChI is InChI=1S/C16H32N2O2/c1-4-5-6-11-20-12-9-14-8-7-10-16(14,15(17)19)18-13(2)3/h13-14,18H,4-12H2,1-3H3,(H2,17,19). The van der Waals surface area contributed by atoms with Crippen LogP contribution in [0.25, 0.3) is 0 Å². The van der Waals surface area contributed by atoms with E-state index in [0.717, 1.165) is 45.3 Å². The van der Waals surface area contributed by atoms with Crippen molar-refractivity contribution in [2.75, 3.05) is 13.2 Å². The van der Waals surface area contributed by atoms with Gasteiger partial charge in [-0.1, -0.05) is 26.2 Å². The van der Waals surface area contributed by atoms with Crippen molar-refractivity contribution in [3.8, 4) is 0 Å². The van der Waals surface area contributed by atoms with E-state index >= 15 is 0 Å². The second-order valence-electron chi connectivity index (χ2n) is 6.33. The Hall–Kier alpha value is -0.610. The largest absolute Gasteiger partial charge is 0.381 e. The normalized spacial score (nSPS) is 26.3. The van der Waals surface area contributed by atoms with Crippen LogP contribution in [-0.2, 0) is 9.53 Å². The average molecular weight is 284 g/mol. The number of primary amides is 1. The van der Waals surface area contributed by atoms with Crippen molar-refractivity contribution in [3.05, 3.63) is 0 Å². The molecule has 1 fully saturated rings. The minimum absolute atomic E-state index is 0.195. The molecule has 20 heavy (non-hydrogen) atoms. The molecule has 118 valence electrons. The zero-order valence-corrected chi connectivity index (χ0v) is 13.4. The molecule has 1 aliphatic carbocycles. The summed E-state index contributed by atoms with van der Waals surface area (Å²) in [5, 5.41) is 3.44. The van der Waals surface area contributed by atoms with Gasteiger partial charge in [-0.25, -0.2) is 0 Å². The maximum atomic E-state index is 12.0. The lowest BCUT2D eigenvalue weighted by atomic mass is 9.83. The van der Waals surface area contributed by atoms with E-state index in [1.165, 1.54) is 12.8 Å². The molecule has 2 atom stereocenters. The van der Waals surface area contributed by atoms with E-state index in [1.807, 2.05) is 0 Å². The predicted octanol–water partition coefficient (Wildman–Crippen LogP) is 2.61. The number of carbonyl (C=O) groups is 1. The number of hydrogen-bond donors (Lipinski definition) is 2. The first-order valence-electron chi connectivity index (χ1n) is 8.18. The van der Waals surface area contributed by atoms with Crippen LogP contribution < -0.4 is 11.1 Å². The van der Waals surface area contributed by atoms with Crippen molar-refractivity contribution in [3.63, 3.8) is 0 Å². The lowest BCUT2D eigenvalue weighted by Gasteiger charge is -2.35. The molecule has 1 amide bonds. The second-order valence-corrected chi connectivity index (χ2v) is 6.33. The number of hydrogen-bond acceptors (Lipinski definition) is 3. The zero-order valence-electron chi connectivity index (χ0n) is 13.4. The minimum Gasteiger partial charge on any atom is -0.381 e. The maximum absolute atomic E-state index is 12.0. The monoisotopic (exact) mass is 284 g/mol. The Balaban J connectivity index is 2.43. The minimum atomic E-state index is -0.513. The van der Waals surface area contributed by atoms with E-state index in [9.17, 15) is 4.79 Å². The lowest BCUT2D eigenvalue weighted by Crippen LogP contribution is -2.60. The number of amides is 1. The van der Waals surface area contributed by atoms with Crippen molar-refractivity contribution < 1.29 is 9.53 Å². The van der Waals surface area contributed by atoms with Crippen molar-refractivity contribution in [2.24, 2.45) is 11.7 Å². The fraction of sp³-hybridized carbons (Fsp3) is 0.938. The number of nitrogens with two attached hydrogens (primary N) is 1. The van der Waals surface area contributed by atoms with Crippen LogP contribution in [0.3, 0.4) is 0 Å². The molecule has 0 heterocycles. The van der Waals surface area contributed by atoms with Crippen LogP contribution in [0.15, 0.2) is 0 Å². The van der Waals surface area contributed by atoms with Gasteiger partial charge in [0.2, 0.25) is 5.91 Å². The van der Waals surface area contributed by atoms with Gasteiger partial charge in [-0.2, -0.15) is 0 Å². The Morgan fingerprint density at radius 3 is 2.75 bits per heavy atom. The summed E-state index contributed by atoms with van der Waals surface area (Å²) in [4.78, 5) is 12.0. The highest BCUT2D eigenvalue weighted by atomic mass is 16.5. The molecule has 0 aromatic rings. The van der Waals surface area contributed by atoms with Gasteiger partial charge in [0.1, 0.15) is 5.54 Å².